The topological polar surface area (TPSA) is 33.7 Å². The Morgan fingerprint density at radius 2 is 2.05 bits per heavy atom. The molecule has 1 aromatic carbocycles. The second-order valence-corrected chi connectivity index (χ2v) is 5.62. The van der Waals surface area contributed by atoms with Gasteiger partial charge in [0.1, 0.15) is 0 Å². The van der Waals surface area contributed by atoms with Crippen molar-refractivity contribution < 1.29 is 9.47 Å². The van der Waals surface area contributed by atoms with E-state index in [4.69, 9.17) is 9.47 Å². The maximum Gasteiger partial charge on any atom is 0.161 e. The molecule has 0 aromatic heterocycles. The molecule has 0 spiro atoms. The average molecular weight is 292 g/mol. The van der Waals surface area contributed by atoms with Crippen molar-refractivity contribution in [3.63, 3.8) is 0 Å². The molecule has 2 rings (SSSR count). The lowest BCUT2D eigenvalue weighted by Crippen LogP contribution is -2.46. The molecule has 2 unspecified atom stereocenters. The van der Waals surface area contributed by atoms with Gasteiger partial charge in [0.15, 0.2) is 11.5 Å². The van der Waals surface area contributed by atoms with E-state index in [0.717, 1.165) is 31.1 Å². The second-order valence-electron chi connectivity index (χ2n) is 5.62. The Bertz CT molecular complexity index is 444. The molecule has 1 aliphatic rings. The fraction of sp³-hybridized carbons (Fsp3) is 0.647. The van der Waals surface area contributed by atoms with Crippen LogP contribution in [0.4, 0.5) is 0 Å². The Morgan fingerprint density at radius 1 is 1.29 bits per heavy atom. The number of rotatable bonds is 6. The minimum absolute atomic E-state index is 0.375. The van der Waals surface area contributed by atoms with Crippen molar-refractivity contribution in [3.05, 3.63) is 23.8 Å². The van der Waals surface area contributed by atoms with Crippen LogP contribution < -0.4 is 14.8 Å². The summed E-state index contributed by atoms with van der Waals surface area (Å²) in [5, 5.41) is 3.51. The van der Waals surface area contributed by atoms with Crippen molar-refractivity contribution in [3.8, 4) is 11.5 Å². The third kappa shape index (κ3) is 3.69. The predicted molar refractivity (Wildman–Crippen MR) is 86.2 cm³/mol. The van der Waals surface area contributed by atoms with Crippen molar-refractivity contribution in [2.24, 2.45) is 0 Å². The summed E-state index contributed by atoms with van der Waals surface area (Å²) in [6.07, 6.45) is 2.54. The molecule has 0 saturated carbocycles. The summed E-state index contributed by atoms with van der Waals surface area (Å²) in [6, 6.07) is 7.23. The highest BCUT2D eigenvalue weighted by atomic mass is 16.5. The standard InChI is InChI=1S/C17H28N2O2/c1-5-19(15-7-6-10-18-12-15)13(2)14-8-9-16(20-3)17(11-14)21-4/h8-9,11,13,15,18H,5-7,10,12H2,1-4H3. The van der Waals surface area contributed by atoms with Crippen LogP contribution in [0.2, 0.25) is 0 Å². The van der Waals surface area contributed by atoms with Crippen molar-refractivity contribution >= 4 is 0 Å². The first-order valence-corrected chi connectivity index (χ1v) is 7.89. The Balaban J connectivity index is 2.18. The molecule has 0 bridgehead atoms. The fourth-order valence-corrected chi connectivity index (χ4v) is 3.27. The smallest absolute Gasteiger partial charge is 0.161 e. The lowest BCUT2D eigenvalue weighted by molar-refractivity contribution is 0.128. The summed E-state index contributed by atoms with van der Waals surface area (Å²) in [7, 11) is 3.36. The molecule has 1 aliphatic heterocycles. The number of hydrogen-bond acceptors (Lipinski definition) is 4. The molecule has 21 heavy (non-hydrogen) atoms. The Morgan fingerprint density at radius 3 is 2.62 bits per heavy atom. The van der Waals surface area contributed by atoms with Gasteiger partial charge in [-0.3, -0.25) is 4.90 Å². The van der Waals surface area contributed by atoms with E-state index in [1.807, 2.05) is 6.07 Å². The van der Waals surface area contributed by atoms with Gasteiger partial charge in [-0.05, 0) is 50.6 Å². The van der Waals surface area contributed by atoms with Crippen LogP contribution in [0.25, 0.3) is 0 Å². The van der Waals surface area contributed by atoms with Crippen LogP contribution in [0.3, 0.4) is 0 Å². The lowest BCUT2D eigenvalue weighted by Gasteiger charge is -2.38. The molecule has 4 nitrogen and oxygen atoms in total. The van der Waals surface area contributed by atoms with E-state index in [0.29, 0.717) is 12.1 Å². The Kier molecular flexibility index (Phi) is 5.88. The van der Waals surface area contributed by atoms with Crippen molar-refractivity contribution in [2.45, 2.75) is 38.8 Å². The Labute approximate surface area is 128 Å². The summed E-state index contributed by atoms with van der Waals surface area (Å²) >= 11 is 0. The third-order valence-corrected chi connectivity index (χ3v) is 4.49. The van der Waals surface area contributed by atoms with E-state index in [9.17, 15) is 0 Å². The van der Waals surface area contributed by atoms with Gasteiger partial charge >= 0.3 is 0 Å². The van der Waals surface area contributed by atoms with Crippen LogP contribution in [0.15, 0.2) is 18.2 Å². The fourth-order valence-electron chi connectivity index (χ4n) is 3.27. The Hall–Kier alpha value is -1.26. The lowest BCUT2D eigenvalue weighted by atomic mass is 10.00. The molecule has 1 heterocycles. The zero-order valence-electron chi connectivity index (χ0n) is 13.7. The first-order chi connectivity index (χ1) is 10.2. The van der Waals surface area contributed by atoms with Gasteiger partial charge < -0.3 is 14.8 Å². The van der Waals surface area contributed by atoms with Crippen LogP contribution in [0.5, 0.6) is 11.5 Å². The van der Waals surface area contributed by atoms with Crippen molar-refractivity contribution in [2.75, 3.05) is 33.9 Å². The molecule has 0 aliphatic carbocycles. The number of benzene rings is 1. The molecular weight excluding hydrogens is 264 g/mol. The van der Waals surface area contributed by atoms with E-state index >= 15 is 0 Å². The summed E-state index contributed by atoms with van der Waals surface area (Å²) in [6.45, 7) is 7.82. The number of piperidine rings is 1. The predicted octanol–water partition coefficient (Wildman–Crippen LogP) is 2.84. The van der Waals surface area contributed by atoms with Crippen LogP contribution in [0, 0.1) is 0 Å². The number of ether oxygens (including phenoxy) is 2. The molecule has 1 fully saturated rings. The zero-order valence-corrected chi connectivity index (χ0v) is 13.7. The van der Waals surface area contributed by atoms with Gasteiger partial charge in [0.25, 0.3) is 0 Å². The van der Waals surface area contributed by atoms with E-state index in [-0.39, 0.29) is 0 Å². The molecular formula is C17H28N2O2. The molecule has 118 valence electrons. The summed E-state index contributed by atoms with van der Waals surface area (Å²) in [4.78, 5) is 2.58. The first kappa shape index (κ1) is 16.1. The number of nitrogens with zero attached hydrogens (tertiary/aromatic N) is 1. The highest BCUT2D eigenvalue weighted by Crippen LogP contribution is 2.32. The molecule has 1 aromatic rings. The van der Waals surface area contributed by atoms with Gasteiger partial charge in [-0.25, -0.2) is 0 Å². The highest BCUT2D eigenvalue weighted by molar-refractivity contribution is 5.43. The SMILES string of the molecule is CCN(C1CCCNC1)C(C)c1ccc(OC)c(OC)c1. The van der Waals surface area contributed by atoms with E-state index in [1.54, 1.807) is 14.2 Å². The number of likely N-dealkylation sites (N-methyl/N-ethyl adjacent to an activating group) is 1. The number of methoxy groups -OCH3 is 2. The largest absolute Gasteiger partial charge is 0.493 e. The quantitative estimate of drug-likeness (QED) is 0.874. The summed E-state index contributed by atoms with van der Waals surface area (Å²) in [5.41, 5.74) is 1.28. The highest BCUT2D eigenvalue weighted by Gasteiger charge is 2.25. The van der Waals surface area contributed by atoms with Gasteiger partial charge in [0.05, 0.1) is 14.2 Å². The maximum atomic E-state index is 5.43. The third-order valence-electron chi connectivity index (χ3n) is 4.49. The van der Waals surface area contributed by atoms with Gasteiger partial charge in [-0.2, -0.15) is 0 Å². The van der Waals surface area contributed by atoms with Crippen LogP contribution in [-0.4, -0.2) is 44.8 Å². The molecule has 0 radical (unpaired) electrons. The van der Waals surface area contributed by atoms with E-state index in [1.165, 1.54) is 18.4 Å². The van der Waals surface area contributed by atoms with Crippen LogP contribution in [-0.2, 0) is 0 Å². The summed E-state index contributed by atoms with van der Waals surface area (Å²) < 4.78 is 10.8. The zero-order chi connectivity index (χ0) is 15.2. The van der Waals surface area contributed by atoms with Crippen molar-refractivity contribution in [1.82, 2.24) is 10.2 Å². The second kappa shape index (κ2) is 7.66. The monoisotopic (exact) mass is 292 g/mol. The average Bonchev–Trinajstić information content (AvgIpc) is 2.55. The number of hydrogen-bond donors (Lipinski definition) is 1. The van der Waals surface area contributed by atoms with E-state index < -0.39 is 0 Å². The van der Waals surface area contributed by atoms with Gasteiger partial charge in [-0.1, -0.05) is 13.0 Å². The minimum Gasteiger partial charge on any atom is -0.493 e. The molecule has 1 saturated heterocycles. The molecule has 0 amide bonds. The van der Waals surface area contributed by atoms with Crippen LogP contribution in [0.1, 0.15) is 38.3 Å². The number of nitrogens with one attached hydrogen (secondary N) is 1. The normalized spacial score (nSPS) is 20.3. The van der Waals surface area contributed by atoms with Crippen LogP contribution >= 0.6 is 0 Å². The van der Waals surface area contributed by atoms with Crippen molar-refractivity contribution in [1.29, 1.82) is 0 Å². The van der Waals surface area contributed by atoms with E-state index in [2.05, 4.69) is 36.2 Å². The molecule has 4 heteroatoms. The van der Waals surface area contributed by atoms with Gasteiger partial charge in [-0.15, -0.1) is 0 Å². The van der Waals surface area contributed by atoms with Gasteiger partial charge in [0, 0.05) is 18.6 Å². The molecule has 2 atom stereocenters. The van der Waals surface area contributed by atoms with Gasteiger partial charge in [0.2, 0.25) is 0 Å². The minimum atomic E-state index is 0.375. The maximum absolute atomic E-state index is 5.43. The summed E-state index contributed by atoms with van der Waals surface area (Å²) in [5.74, 6) is 1.59. The first-order valence-electron chi connectivity index (χ1n) is 7.89. The molecule has 1 N–H and O–H groups in total.